The van der Waals surface area contributed by atoms with E-state index in [4.69, 9.17) is 23.7 Å². The largest absolute Gasteiger partial charge is 0.481 e. The second-order valence-corrected chi connectivity index (χ2v) is 7.68. The van der Waals surface area contributed by atoms with E-state index in [9.17, 15) is 9.90 Å². The predicted molar refractivity (Wildman–Crippen MR) is 102 cm³/mol. The van der Waals surface area contributed by atoms with E-state index < -0.39 is 5.97 Å². The van der Waals surface area contributed by atoms with E-state index >= 15 is 0 Å². The highest BCUT2D eigenvalue weighted by molar-refractivity contribution is 5.67. The Balaban J connectivity index is 1.36. The Hall–Kier alpha value is -2.93. The third kappa shape index (κ3) is 3.70. The molecule has 7 nitrogen and oxygen atoms in total. The fourth-order valence-corrected chi connectivity index (χ4v) is 4.40. The van der Waals surface area contributed by atoms with Gasteiger partial charge in [-0.1, -0.05) is 12.1 Å². The number of fused-ring (bicyclic) bond motifs is 2. The van der Waals surface area contributed by atoms with Crippen molar-refractivity contribution in [2.75, 3.05) is 20.2 Å². The van der Waals surface area contributed by atoms with Gasteiger partial charge in [0.25, 0.3) is 0 Å². The molecule has 29 heavy (non-hydrogen) atoms. The molecule has 0 bridgehead atoms. The van der Waals surface area contributed by atoms with Crippen LogP contribution in [0.25, 0.3) is 0 Å². The second kappa shape index (κ2) is 7.48. The number of hydrogen-bond donors (Lipinski definition) is 1. The van der Waals surface area contributed by atoms with Crippen LogP contribution >= 0.6 is 0 Å². The molecule has 3 aliphatic rings. The van der Waals surface area contributed by atoms with Crippen molar-refractivity contribution in [2.45, 2.75) is 25.4 Å². The SMILES string of the molecule is O=C(O)CC1OC[C@@H](Cc2ccc3c(c2)OCO3)[C@@H]1Cc1ccc2c(c1)OCO2. The molecule has 0 amide bonds. The van der Waals surface area contributed by atoms with Crippen molar-refractivity contribution in [3.63, 3.8) is 0 Å². The zero-order valence-corrected chi connectivity index (χ0v) is 15.8. The van der Waals surface area contributed by atoms with E-state index in [0.29, 0.717) is 6.61 Å². The molecule has 152 valence electrons. The van der Waals surface area contributed by atoms with Gasteiger partial charge in [0.2, 0.25) is 13.6 Å². The first-order valence-corrected chi connectivity index (χ1v) is 9.76. The van der Waals surface area contributed by atoms with Crippen LogP contribution in [0.2, 0.25) is 0 Å². The average Bonchev–Trinajstić information content (AvgIpc) is 3.43. The van der Waals surface area contributed by atoms with Crippen LogP contribution in [0, 0.1) is 11.8 Å². The lowest BCUT2D eigenvalue weighted by Crippen LogP contribution is -2.26. The van der Waals surface area contributed by atoms with Gasteiger partial charge in [-0.2, -0.15) is 0 Å². The average molecular weight is 398 g/mol. The van der Waals surface area contributed by atoms with E-state index in [1.54, 1.807) is 0 Å². The minimum Gasteiger partial charge on any atom is -0.481 e. The molecule has 1 saturated heterocycles. The summed E-state index contributed by atoms with van der Waals surface area (Å²) in [6.07, 6.45) is 1.22. The Kier molecular flexibility index (Phi) is 4.67. The van der Waals surface area contributed by atoms with Crippen molar-refractivity contribution < 1.29 is 33.6 Å². The van der Waals surface area contributed by atoms with Crippen LogP contribution in [-0.2, 0) is 22.4 Å². The molecule has 7 heteroatoms. The summed E-state index contributed by atoms with van der Waals surface area (Å²) in [5.41, 5.74) is 2.23. The van der Waals surface area contributed by atoms with Gasteiger partial charge in [-0.05, 0) is 60.1 Å². The molecule has 1 N–H and O–H groups in total. The Morgan fingerprint density at radius 3 is 2.07 bits per heavy atom. The number of carboxylic acids is 1. The lowest BCUT2D eigenvalue weighted by Gasteiger charge is -2.22. The summed E-state index contributed by atoms with van der Waals surface area (Å²) in [6, 6.07) is 11.9. The first-order valence-electron chi connectivity index (χ1n) is 9.76. The second-order valence-electron chi connectivity index (χ2n) is 7.68. The van der Waals surface area contributed by atoms with Crippen LogP contribution in [0.15, 0.2) is 36.4 Å². The maximum atomic E-state index is 11.4. The van der Waals surface area contributed by atoms with Crippen molar-refractivity contribution >= 4 is 5.97 Å². The quantitative estimate of drug-likeness (QED) is 0.801. The van der Waals surface area contributed by atoms with Gasteiger partial charge >= 0.3 is 5.97 Å². The van der Waals surface area contributed by atoms with Gasteiger partial charge in [0.1, 0.15) is 0 Å². The van der Waals surface area contributed by atoms with E-state index in [1.807, 2.05) is 36.4 Å². The van der Waals surface area contributed by atoms with Crippen molar-refractivity contribution in [1.82, 2.24) is 0 Å². The summed E-state index contributed by atoms with van der Waals surface area (Å²) in [5, 5.41) is 9.32. The summed E-state index contributed by atoms with van der Waals surface area (Å²) < 4.78 is 27.7. The normalized spacial score (nSPS) is 24.1. The Bertz CT molecular complexity index is 925. The monoisotopic (exact) mass is 398 g/mol. The Morgan fingerprint density at radius 2 is 1.45 bits per heavy atom. The molecule has 3 heterocycles. The summed E-state index contributed by atoms with van der Waals surface area (Å²) in [5.74, 6) is 2.48. The van der Waals surface area contributed by atoms with Crippen LogP contribution < -0.4 is 18.9 Å². The van der Waals surface area contributed by atoms with Crippen LogP contribution in [-0.4, -0.2) is 37.4 Å². The summed E-state index contributed by atoms with van der Waals surface area (Å²) in [4.78, 5) is 11.4. The maximum Gasteiger partial charge on any atom is 0.305 e. The zero-order chi connectivity index (χ0) is 19.8. The molecule has 0 aliphatic carbocycles. The van der Waals surface area contributed by atoms with Crippen molar-refractivity contribution in [2.24, 2.45) is 11.8 Å². The highest BCUT2D eigenvalue weighted by Crippen LogP contribution is 2.39. The highest BCUT2D eigenvalue weighted by Gasteiger charge is 2.38. The fourth-order valence-electron chi connectivity index (χ4n) is 4.40. The topological polar surface area (TPSA) is 83.5 Å². The molecule has 2 aromatic rings. The summed E-state index contributed by atoms with van der Waals surface area (Å²) in [7, 11) is 0. The van der Waals surface area contributed by atoms with Crippen molar-refractivity contribution in [3.8, 4) is 23.0 Å². The molecule has 5 rings (SSSR count). The molecule has 0 spiro atoms. The van der Waals surface area contributed by atoms with Crippen molar-refractivity contribution in [3.05, 3.63) is 47.5 Å². The first-order chi connectivity index (χ1) is 14.2. The van der Waals surface area contributed by atoms with Crippen LogP contribution in [0.4, 0.5) is 0 Å². The van der Waals surface area contributed by atoms with Gasteiger partial charge < -0.3 is 28.8 Å². The van der Waals surface area contributed by atoms with Gasteiger partial charge in [-0.25, -0.2) is 0 Å². The predicted octanol–water partition coefficient (Wildman–Crippen LogP) is 3.04. The molecule has 2 aromatic carbocycles. The van der Waals surface area contributed by atoms with Gasteiger partial charge in [0.05, 0.1) is 19.1 Å². The smallest absolute Gasteiger partial charge is 0.305 e. The summed E-state index contributed by atoms with van der Waals surface area (Å²) >= 11 is 0. The number of carbonyl (C=O) groups is 1. The molecule has 3 atom stereocenters. The number of aliphatic carboxylic acids is 1. The number of rotatable bonds is 6. The lowest BCUT2D eigenvalue weighted by atomic mass is 9.81. The van der Waals surface area contributed by atoms with Crippen LogP contribution in [0.1, 0.15) is 17.5 Å². The van der Waals surface area contributed by atoms with E-state index in [0.717, 1.165) is 47.0 Å². The lowest BCUT2D eigenvalue weighted by molar-refractivity contribution is -0.139. The fraction of sp³-hybridized carbons (Fsp3) is 0.409. The molecular formula is C22H22O7. The third-order valence-electron chi connectivity index (χ3n) is 5.83. The van der Waals surface area contributed by atoms with E-state index in [1.165, 1.54) is 0 Å². The molecule has 1 fully saturated rings. The minimum atomic E-state index is -0.839. The van der Waals surface area contributed by atoms with Gasteiger partial charge in [-0.3, -0.25) is 4.79 Å². The molecule has 1 unspecified atom stereocenters. The Labute approximate surface area is 168 Å². The van der Waals surface area contributed by atoms with Crippen LogP contribution in [0.3, 0.4) is 0 Å². The van der Waals surface area contributed by atoms with E-state index in [-0.39, 0.29) is 37.9 Å². The van der Waals surface area contributed by atoms with Gasteiger partial charge in [0, 0.05) is 0 Å². The zero-order valence-electron chi connectivity index (χ0n) is 15.8. The molecule has 0 radical (unpaired) electrons. The van der Waals surface area contributed by atoms with E-state index in [2.05, 4.69) is 0 Å². The van der Waals surface area contributed by atoms with Crippen LogP contribution in [0.5, 0.6) is 23.0 Å². The van der Waals surface area contributed by atoms with Gasteiger partial charge in [-0.15, -0.1) is 0 Å². The molecule has 0 aromatic heterocycles. The Morgan fingerprint density at radius 1 is 0.862 bits per heavy atom. The molecule has 0 saturated carbocycles. The standard InChI is InChI=1S/C22H22O7/c23-22(24)9-19-16(6-14-2-4-18-21(8-14)29-12-27-18)15(10-25-19)5-13-1-3-17-20(7-13)28-11-26-17/h1-4,7-8,15-16,19H,5-6,9-12H2,(H,23,24)/t15-,16+,19?/m1/s1. The number of hydrogen-bond acceptors (Lipinski definition) is 6. The van der Waals surface area contributed by atoms with Gasteiger partial charge in [0.15, 0.2) is 23.0 Å². The number of ether oxygens (including phenoxy) is 5. The number of benzene rings is 2. The number of carboxylic acid groups (broad SMARTS) is 1. The third-order valence-corrected chi connectivity index (χ3v) is 5.83. The first kappa shape index (κ1) is 18.1. The van der Waals surface area contributed by atoms with Crippen molar-refractivity contribution in [1.29, 1.82) is 0 Å². The maximum absolute atomic E-state index is 11.4. The molecule has 3 aliphatic heterocycles. The minimum absolute atomic E-state index is 0.00680. The summed E-state index contributed by atoms with van der Waals surface area (Å²) in [6.45, 7) is 1.03. The molecular weight excluding hydrogens is 376 g/mol. The highest BCUT2D eigenvalue weighted by atomic mass is 16.7.